The summed E-state index contributed by atoms with van der Waals surface area (Å²) in [6.07, 6.45) is -1.00. The second-order valence-electron chi connectivity index (χ2n) is 3.74. The molecule has 11 heteroatoms. The fourth-order valence-corrected chi connectivity index (χ4v) is 1.13. The largest absolute Gasteiger partial charge is 0.416 e. The van der Waals surface area contributed by atoms with Crippen LogP contribution in [0.1, 0.15) is 11.1 Å². The number of alkyl halides is 3. The maximum absolute atomic E-state index is 12.3. The average Bonchev–Trinajstić information content (AvgIpc) is 2.32. The van der Waals surface area contributed by atoms with Crippen molar-refractivity contribution >= 4 is 22.4 Å². The predicted molar refractivity (Wildman–Crippen MR) is 75.3 cm³/mol. The Morgan fingerprint density at radius 1 is 1.18 bits per heavy atom. The highest BCUT2D eigenvalue weighted by atomic mass is 32.3. The van der Waals surface area contributed by atoms with Crippen molar-refractivity contribution in [2.45, 2.75) is 6.18 Å². The van der Waals surface area contributed by atoms with Gasteiger partial charge in [-0.25, -0.2) is 4.99 Å². The number of aliphatic imine (C=N–C) groups is 1. The number of nitrogens with two attached hydrogens (primary N) is 2. The SMILES string of the molecule is NC(N)=NC/C=C/c1ccc(C(F)(F)F)cc1.O=S(=O)(O)O. The maximum Gasteiger partial charge on any atom is 0.416 e. The molecule has 0 saturated carbocycles. The van der Waals surface area contributed by atoms with Gasteiger partial charge in [-0.1, -0.05) is 24.3 Å². The third kappa shape index (κ3) is 11.7. The first-order valence-electron chi connectivity index (χ1n) is 5.48. The van der Waals surface area contributed by atoms with E-state index in [0.717, 1.165) is 12.1 Å². The zero-order valence-electron chi connectivity index (χ0n) is 11.0. The van der Waals surface area contributed by atoms with Gasteiger partial charge in [0.1, 0.15) is 0 Å². The summed E-state index contributed by atoms with van der Waals surface area (Å²) >= 11 is 0. The first kappa shape index (κ1) is 19.9. The van der Waals surface area contributed by atoms with E-state index >= 15 is 0 Å². The highest BCUT2D eigenvalue weighted by molar-refractivity contribution is 7.79. The standard InChI is InChI=1S/C11H12F3N3.H2O4S/c12-11(13,14)9-5-3-8(4-6-9)2-1-7-17-10(15)16;1-5(2,3)4/h1-6H,7H2,(H4,15,16,17);(H2,1,2,3,4)/b2-1+;. The molecule has 0 atom stereocenters. The van der Waals surface area contributed by atoms with E-state index in [1.54, 1.807) is 12.2 Å². The van der Waals surface area contributed by atoms with Gasteiger partial charge >= 0.3 is 16.6 Å². The van der Waals surface area contributed by atoms with E-state index in [0.29, 0.717) is 12.1 Å². The summed E-state index contributed by atoms with van der Waals surface area (Å²) in [6.45, 7) is 0.295. The molecule has 0 aromatic heterocycles. The zero-order chi connectivity index (χ0) is 17.4. The van der Waals surface area contributed by atoms with E-state index < -0.39 is 22.1 Å². The molecular weight excluding hydrogens is 327 g/mol. The van der Waals surface area contributed by atoms with Crippen molar-refractivity contribution < 1.29 is 30.7 Å². The highest BCUT2D eigenvalue weighted by Gasteiger charge is 2.29. The van der Waals surface area contributed by atoms with Crippen molar-refractivity contribution in [1.82, 2.24) is 0 Å². The van der Waals surface area contributed by atoms with Crippen LogP contribution in [-0.4, -0.2) is 30.0 Å². The molecule has 0 aliphatic carbocycles. The number of hydrogen-bond donors (Lipinski definition) is 4. The summed E-state index contributed by atoms with van der Waals surface area (Å²) < 4.78 is 68.3. The molecule has 0 heterocycles. The summed E-state index contributed by atoms with van der Waals surface area (Å²) in [6, 6.07) is 4.82. The van der Waals surface area contributed by atoms with Crippen LogP contribution in [0, 0.1) is 0 Å². The summed E-state index contributed by atoms with van der Waals surface area (Å²) in [7, 11) is -4.67. The molecule has 6 N–H and O–H groups in total. The smallest absolute Gasteiger partial charge is 0.370 e. The van der Waals surface area contributed by atoms with Crippen LogP contribution in [0.15, 0.2) is 35.3 Å². The Hall–Kier alpha value is -2.11. The van der Waals surface area contributed by atoms with Crippen molar-refractivity contribution in [1.29, 1.82) is 0 Å². The topological polar surface area (TPSA) is 139 Å². The van der Waals surface area contributed by atoms with Crippen molar-refractivity contribution in [3.05, 3.63) is 41.5 Å². The lowest BCUT2D eigenvalue weighted by Gasteiger charge is -2.05. The molecule has 0 unspecified atom stereocenters. The molecule has 0 fully saturated rings. The molecule has 0 amide bonds. The normalized spacial score (nSPS) is 11.7. The van der Waals surface area contributed by atoms with Gasteiger partial charge in [0.15, 0.2) is 5.96 Å². The summed E-state index contributed by atoms with van der Waals surface area (Å²) in [5.41, 5.74) is 10.2. The van der Waals surface area contributed by atoms with Gasteiger partial charge in [0.05, 0.1) is 12.1 Å². The summed E-state index contributed by atoms with van der Waals surface area (Å²) in [5, 5.41) is 0. The third-order valence-corrected chi connectivity index (χ3v) is 1.93. The monoisotopic (exact) mass is 341 g/mol. The molecule has 0 radical (unpaired) electrons. The molecule has 22 heavy (non-hydrogen) atoms. The van der Waals surface area contributed by atoms with Gasteiger partial charge in [-0.2, -0.15) is 21.6 Å². The lowest BCUT2D eigenvalue weighted by atomic mass is 10.1. The van der Waals surface area contributed by atoms with E-state index in [1.807, 2.05) is 0 Å². The van der Waals surface area contributed by atoms with Crippen LogP contribution in [0.5, 0.6) is 0 Å². The molecule has 0 saturated heterocycles. The molecule has 1 rings (SSSR count). The van der Waals surface area contributed by atoms with Crippen LogP contribution < -0.4 is 11.5 Å². The molecule has 0 aliphatic heterocycles. The number of rotatable bonds is 3. The molecule has 124 valence electrons. The van der Waals surface area contributed by atoms with Gasteiger partial charge in [0, 0.05) is 0 Å². The van der Waals surface area contributed by atoms with Crippen LogP contribution in [0.2, 0.25) is 0 Å². The predicted octanol–water partition coefficient (Wildman–Crippen LogP) is 1.34. The van der Waals surface area contributed by atoms with Crippen LogP contribution in [0.3, 0.4) is 0 Å². The maximum atomic E-state index is 12.3. The van der Waals surface area contributed by atoms with Gasteiger partial charge in [0.25, 0.3) is 0 Å². The number of guanidine groups is 1. The van der Waals surface area contributed by atoms with Gasteiger partial charge < -0.3 is 11.5 Å². The number of nitrogens with zero attached hydrogens (tertiary/aromatic N) is 1. The molecule has 0 spiro atoms. The van der Waals surface area contributed by atoms with Gasteiger partial charge in [-0.3, -0.25) is 9.11 Å². The Balaban J connectivity index is 0.000000763. The Bertz CT molecular complexity index is 613. The molecule has 1 aromatic carbocycles. The van der Waals surface area contributed by atoms with Crippen molar-refractivity contribution in [2.24, 2.45) is 16.5 Å². The minimum absolute atomic E-state index is 0.0259. The Morgan fingerprint density at radius 2 is 1.64 bits per heavy atom. The van der Waals surface area contributed by atoms with E-state index in [9.17, 15) is 13.2 Å². The van der Waals surface area contributed by atoms with E-state index in [2.05, 4.69) is 4.99 Å². The second-order valence-corrected chi connectivity index (χ2v) is 4.63. The minimum Gasteiger partial charge on any atom is -0.370 e. The number of benzene rings is 1. The fourth-order valence-electron chi connectivity index (χ4n) is 1.13. The number of hydrogen-bond acceptors (Lipinski definition) is 3. The average molecular weight is 341 g/mol. The Morgan fingerprint density at radius 3 is 2.00 bits per heavy atom. The van der Waals surface area contributed by atoms with Crippen molar-refractivity contribution in [3.63, 3.8) is 0 Å². The molecule has 1 aromatic rings. The first-order valence-corrected chi connectivity index (χ1v) is 6.88. The highest BCUT2D eigenvalue weighted by Crippen LogP contribution is 2.29. The quantitative estimate of drug-likeness (QED) is 0.372. The minimum atomic E-state index is -4.67. The molecule has 0 bridgehead atoms. The van der Waals surface area contributed by atoms with Gasteiger partial charge in [0.2, 0.25) is 0 Å². The van der Waals surface area contributed by atoms with E-state index in [-0.39, 0.29) is 5.96 Å². The van der Waals surface area contributed by atoms with Crippen LogP contribution >= 0.6 is 0 Å². The lowest BCUT2D eigenvalue weighted by molar-refractivity contribution is -0.137. The van der Waals surface area contributed by atoms with Crippen LogP contribution in [0.25, 0.3) is 6.08 Å². The van der Waals surface area contributed by atoms with Crippen LogP contribution in [0.4, 0.5) is 13.2 Å². The van der Waals surface area contributed by atoms with Crippen molar-refractivity contribution in [3.8, 4) is 0 Å². The summed E-state index contributed by atoms with van der Waals surface area (Å²) in [4.78, 5) is 3.70. The molecule has 0 aliphatic rings. The first-order chi connectivity index (χ1) is 9.89. The Kier molecular flexibility index (Phi) is 7.56. The van der Waals surface area contributed by atoms with E-state index in [4.69, 9.17) is 29.0 Å². The molecule has 7 nitrogen and oxygen atoms in total. The van der Waals surface area contributed by atoms with Crippen molar-refractivity contribution in [2.75, 3.05) is 6.54 Å². The third-order valence-electron chi connectivity index (χ3n) is 1.93. The van der Waals surface area contributed by atoms with Gasteiger partial charge in [-0.15, -0.1) is 0 Å². The second kappa shape index (κ2) is 8.36. The number of halogens is 3. The van der Waals surface area contributed by atoms with E-state index in [1.165, 1.54) is 12.1 Å². The Labute approximate surface area is 124 Å². The molecular formula is C11H14F3N3O4S. The van der Waals surface area contributed by atoms with Crippen LogP contribution in [-0.2, 0) is 16.6 Å². The lowest BCUT2D eigenvalue weighted by Crippen LogP contribution is -2.22. The summed E-state index contributed by atoms with van der Waals surface area (Å²) in [5.74, 6) is -0.0259. The van der Waals surface area contributed by atoms with Gasteiger partial charge in [-0.05, 0) is 17.7 Å². The zero-order valence-corrected chi connectivity index (χ0v) is 11.8. The fraction of sp³-hybridized carbons (Fsp3) is 0.182.